The lowest BCUT2D eigenvalue weighted by Crippen LogP contribution is -2.27. The van der Waals surface area contributed by atoms with Gasteiger partial charge in [0.1, 0.15) is 17.4 Å². The molecule has 0 unspecified atom stereocenters. The zero-order valence-electron chi connectivity index (χ0n) is 10.4. The van der Waals surface area contributed by atoms with Crippen LogP contribution in [0, 0.1) is 18.6 Å². The van der Waals surface area contributed by atoms with E-state index in [1.54, 1.807) is 13.8 Å². The Hall–Kier alpha value is -2.24. The highest BCUT2D eigenvalue weighted by atomic mass is 19.1. The second-order valence-corrected chi connectivity index (χ2v) is 4.18. The van der Waals surface area contributed by atoms with Crippen LogP contribution in [0.4, 0.5) is 8.78 Å². The zero-order chi connectivity index (χ0) is 14.0. The Kier molecular flexibility index (Phi) is 3.59. The maximum absolute atomic E-state index is 13.5. The van der Waals surface area contributed by atoms with Gasteiger partial charge in [0.15, 0.2) is 5.69 Å². The molecule has 0 bridgehead atoms. The first-order valence-corrected chi connectivity index (χ1v) is 5.66. The van der Waals surface area contributed by atoms with Gasteiger partial charge in [0.2, 0.25) is 0 Å². The van der Waals surface area contributed by atoms with Gasteiger partial charge in [-0.05, 0) is 19.9 Å². The molecule has 0 spiro atoms. The van der Waals surface area contributed by atoms with Crippen molar-refractivity contribution in [2.24, 2.45) is 0 Å². The van der Waals surface area contributed by atoms with Gasteiger partial charge in [-0.3, -0.25) is 4.79 Å². The lowest BCUT2D eigenvalue weighted by molar-refractivity contribution is 0.0930. The molecule has 0 aliphatic carbocycles. The van der Waals surface area contributed by atoms with Gasteiger partial charge in [0.25, 0.3) is 5.91 Å². The van der Waals surface area contributed by atoms with E-state index >= 15 is 0 Å². The van der Waals surface area contributed by atoms with E-state index in [1.165, 1.54) is 12.1 Å². The van der Waals surface area contributed by atoms with E-state index in [9.17, 15) is 13.6 Å². The fourth-order valence-electron chi connectivity index (χ4n) is 1.67. The topological polar surface area (TPSA) is 55.1 Å². The van der Waals surface area contributed by atoms with Crippen molar-refractivity contribution in [3.05, 3.63) is 52.9 Å². The highest BCUT2D eigenvalue weighted by Crippen LogP contribution is 2.18. The van der Waals surface area contributed by atoms with Crippen LogP contribution in [0.2, 0.25) is 0 Å². The van der Waals surface area contributed by atoms with Crippen LogP contribution in [-0.4, -0.2) is 11.1 Å². The van der Waals surface area contributed by atoms with Gasteiger partial charge in [-0.2, -0.15) is 0 Å². The summed E-state index contributed by atoms with van der Waals surface area (Å²) in [6, 6.07) is 4.08. The van der Waals surface area contributed by atoms with Crippen molar-refractivity contribution in [1.82, 2.24) is 10.5 Å². The maximum Gasteiger partial charge on any atom is 0.273 e. The highest BCUT2D eigenvalue weighted by Gasteiger charge is 2.17. The van der Waals surface area contributed by atoms with Crippen LogP contribution in [0.3, 0.4) is 0 Å². The van der Waals surface area contributed by atoms with Gasteiger partial charge in [0, 0.05) is 17.7 Å². The summed E-state index contributed by atoms with van der Waals surface area (Å²) < 4.78 is 31.1. The summed E-state index contributed by atoms with van der Waals surface area (Å²) in [6.45, 7) is 3.26. The smallest absolute Gasteiger partial charge is 0.273 e. The van der Waals surface area contributed by atoms with E-state index in [-0.39, 0.29) is 11.3 Å². The van der Waals surface area contributed by atoms with Crippen LogP contribution in [0.1, 0.15) is 34.8 Å². The van der Waals surface area contributed by atoms with Crippen molar-refractivity contribution >= 4 is 5.91 Å². The van der Waals surface area contributed by atoms with Crippen LogP contribution in [0.25, 0.3) is 0 Å². The molecule has 100 valence electrons. The minimum atomic E-state index is -0.705. The number of aromatic nitrogens is 1. The van der Waals surface area contributed by atoms with Gasteiger partial charge >= 0.3 is 0 Å². The SMILES string of the molecule is Cc1cc(C(=O)N[C@@H](C)c2ccc(F)cc2F)no1. The number of hydrogen-bond donors (Lipinski definition) is 1. The number of carbonyl (C=O) groups excluding carboxylic acids is 1. The monoisotopic (exact) mass is 266 g/mol. The number of nitrogens with zero attached hydrogens (tertiary/aromatic N) is 1. The lowest BCUT2D eigenvalue weighted by atomic mass is 10.1. The van der Waals surface area contributed by atoms with Crippen LogP contribution in [-0.2, 0) is 0 Å². The Morgan fingerprint density at radius 3 is 2.68 bits per heavy atom. The molecule has 2 rings (SSSR count). The van der Waals surface area contributed by atoms with Crippen molar-refractivity contribution in [3.8, 4) is 0 Å². The summed E-state index contributed by atoms with van der Waals surface area (Å²) in [5, 5.41) is 6.12. The van der Waals surface area contributed by atoms with Crippen LogP contribution in [0.5, 0.6) is 0 Å². The van der Waals surface area contributed by atoms with Gasteiger partial charge in [-0.1, -0.05) is 11.2 Å². The minimum absolute atomic E-state index is 0.117. The Morgan fingerprint density at radius 2 is 2.11 bits per heavy atom. The van der Waals surface area contributed by atoms with E-state index in [0.29, 0.717) is 5.76 Å². The van der Waals surface area contributed by atoms with Gasteiger partial charge < -0.3 is 9.84 Å². The van der Waals surface area contributed by atoms with Crippen molar-refractivity contribution in [2.75, 3.05) is 0 Å². The minimum Gasteiger partial charge on any atom is -0.361 e. The predicted octanol–water partition coefficient (Wildman–Crippen LogP) is 2.75. The number of rotatable bonds is 3. The summed E-state index contributed by atoms with van der Waals surface area (Å²) in [5.74, 6) is -1.34. The van der Waals surface area contributed by atoms with Crippen LogP contribution >= 0.6 is 0 Å². The molecule has 6 heteroatoms. The maximum atomic E-state index is 13.5. The Bertz CT molecular complexity index is 610. The Morgan fingerprint density at radius 1 is 1.37 bits per heavy atom. The second kappa shape index (κ2) is 5.17. The molecule has 4 nitrogen and oxygen atoms in total. The fraction of sp³-hybridized carbons (Fsp3) is 0.231. The summed E-state index contributed by atoms with van der Waals surface area (Å²) in [6.07, 6.45) is 0. The van der Waals surface area contributed by atoms with E-state index in [4.69, 9.17) is 4.52 Å². The number of amides is 1. The second-order valence-electron chi connectivity index (χ2n) is 4.18. The summed E-state index contributed by atoms with van der Waals surface area (Å²) >= 11 is 0. The molecule has 19 heavy (non-hydrogen) atoms. The Balaban J connectivity index is 2.12. The highest BCUT2D eigenvalue weighted by molar-refractivity contribution is 5.92. The largest absolute Gasteiger partial charge is 0.361 e. The van der Waals surface area contributed by atoms with E-state index < -0.39 is 23.6 Å². The van der Waals surface area contributed by atoms with Crippen molar-refractivity contribution in [3.63, 3.8) is 0 Å². The number of aryl methyl sites for hydroxylation is 1. The molecule has 0 aliphatic heterocycles. The number of halogens is 2. The van der Waals surface area contributed by atoms with Gasteiger partial charge in [-0.25, -0.2) is 8.78 Å². The van der Waals surface area contributed by atoms with Crippen LogP contribution in [0.15, 0.2) is 28.8 Å². The average molecular weight is 266 g/mol. The third kappa shape index (κ3) is 2.96. The van der Waals surface area contributed by atoms with Crippen molar-refractivity contribution in [2.45, 2.75) is 19.9 Å². The van der Waals surface area contributed by atoms with Gasteiger partial charge in [0.05, 0.1) is 6.04 Å². The molecule has 1 aromatic heterocycles. The molecule has 0 aliphatic rings. The van der Waals surface area contributed by atoms with E-state index in [2.05, 4.69) is 10.5 Å². The third-order valence-electron chi connectivity index (χ3n) is 2.64. The molecular weight excluding hydrogens is 254 g/mol. The van der Waals surface area contributed by atoms with Crippen molar-refractivity contribution in [1.29, 1.82) is 0 Å². The number of benzene rings is 1. The Labute approximate surface area is 108 Å². The number of hydrogen-bond acceptors (Lipinski definition) is 3. The third-order valence-corrected chi connectivity index (χ3v) is 2.64. The molecule has 1 N–H and O–H groups in total. The molecule has 1 atom stereocenters. The number of carbonyl (C=O) groups is 1. The van der Waals surface area contributed by atoms with E-state index in [0.717, 1.165) is 12.1 Å². The molecule has 1 aromatic carbocycles. The molecule has 0 saturated heterocycles. The lowest BCUT2D eigenvalue weighted by Gasteiger charge is -2.14. The summed E-state index contributed by atoms with van der Waals surface area (Å²) in [4.78, 5) is 11.8. The molecular formula is C13H12F2N2O2. The van der Waals surface area contributed by atoms with Gasteiger partial charge in [-0.15, -0.1) is 0 Å². The van der Waals surface area contributed by atoms with Crippen LogP contribution < -0.4 is 5.32 Å². The summed E-state index contributed by atoms with van der Waals surface area (Å²) in [7, 11) is 0. The standard InChI is InChI=1S/C13H12F2N2O2/c1-7-5-12(17-19-7)13(18)16-8(2)10-4-3-9(14)6-11(10)15/h3-6,8H,1-2H3,(H,16,18)/t8-/m0/s1. The summed E-state index contributed by atoms with van der Waals surface area (Å²) in [5.41, 5.74) is 0.321. The quantitative estimate of drug-likeness (QED) is 0.929. The average Bonchev–Trinajstić information content (AvgIpc) is 2.75. The molecule has 0 radical (unpaired) electrons. The zero-order valence-corrected chi connectivity index (χ0v) is 10.4. The first kappa shape index (κ1) is 13.2. The normalized spacial score (nSPS) is 12.2. The molecule has 0 saturated carbocycles. The number of nitrogens with one attached hydrogen (secondary N) is 1. The first-order chi connectivity index (χ1) is 8.97. The van der Waals surface area contributed by atoms with E-state index in [1.807, 2.05) is 0 Å². The predicted molar refractivity (Wildman–Crippen MR) is 63.5 cm³/mol. The first-order valence-electron chi connectivity index (χ1n) is 5.66. The van der Waals surface area contributed by atoms with Crippen molar-refractivity contribution < 1.29 is 18.1 Å². The fourth-order valence-corrected chi connectivity index (χ4v) is 1.67. The molecule has 1 heterocycles. The molecule has 1 amide bonds. The molecule has 0 fully saturated rings. The molecule has 2 aromatic rings.